The van der Waals surface area contributed by atoms with E-state index in [1.54, 1.807) is 6.07 Å². The van der Waals surface area contributed by atoms with Crippen LogP contribution in [0, 0.1) is 11.7 Å². The van der Waals surface area contributed by atoms with Crippen LogP contribution in [-0.2, 0) is 16.1 Å². The highest BCUT2D eigenvalue weighted by Gasteiger charge is 2.13. The summed E-state index contributed by atoms with van der Waals surface area (Å²) in [5.41, 5.74) is 1.27. The maximum atomic E-state index is 13.5. The van der Waals surface area contributed by atoms with Crippen molar-refractivity contribution in [3.05, 3.63) is 41.2 Å². The van der Waals surface area contributed by atoms with E-state index < -0.39 is 5.97 Å². The van der Waals surface area contributed by atoms with Gasteiger partial charge in [0.25, 0.3) is 0 Å². The molecule has 0 saturated heterocycles. The Kier molecular flexibility index (Phi) is 5.93. The zero-order valence-corrected chi connectivity index (χ0v) is 12.1. The van der Waals surface area contributed by atoms with Crippen molar-refractivity contribution in [2.45, 2.75) is 38.7 Å². The van der Waals surface area contributed by atoms with Crippen LogP contribution < -0.4 is 0 Å². The van der Waals surface area contributed by atoms with Crippen LogP contribution in [0.3, 0.4) is 0 Å². The van der Waals surface area contributed by atoms with Gasteiger partial charge in [-0.15, -0.1) is 0 Å². The largest absolute Gasteiger partial charge is 0.478 e. The molecule has 0 radical (unpaired) electrons. The van der Waals surface area contributed by atoms with E-state index in [-0.39, 0.29) is 5.82 Å². The van der Waals surface area contributed by atoms with Crippen LogP contribution in [0.4, 0.5) is 4.39 Å². The molecule has 1 aromatic carbocycles. The summed E-state index contributed by atoms with van der Waals surface area (Å²) in [6.45, 7) is 1.08. The third-order valence-corrected chi connectivity index (χ3v) is 3.75. The van der Waals surface area contributed by atoms with Crippen molar-refractivity contribution in [1.29, 1.82) is 0 Å². The molecule has 0 unspecified atom stereocenters. The normalized spacial score (nSPS) is 16.4. The molecule has 0 bridgehead atoms. The lowest BCUT2D eigenvalue weighted by Gasteiger charge is -2.21. The molecule has 1 fully saturated rings. The van der Waals surface area contributed by atoms with E-state index in [4.69, 9.17) is 9.84 Å². The molecule has 0 aliphatic heterocycles. The number of carboxylic acid groups (broad SMARTS) is 1. The number of halogens is 1. The Bertz CT molecular complexity index is 505. The number of carbonyl (C=O) groups is 1. The van der Waals surface area contributed by atoms with E-state index in [1.165, 1.54) is 50.3 Å². The molecule has 2 rings (SSSR count). The van der Waals surface area contributed by atoms with Crippen LogP contribution in [-0.4, -0.2) is 17.7 Å². The highest BCUT2D eigenvalue weighted by molar-refractivity contribution is 5.85. The van der Waals surface area contributed by atoms with Gasteiger partial charge in [-0.25, -0.2) is 9.18 Å². The molecule has 3 nitrogen and oxygen atoms in total. The summed E-state index contributed by atoms with van der Waals surface area (Å²) in [6.07, 6.45) is 8.69. The fraction of sp³-hybridized carbons (Fsp3) is 0.471. The third-order valence-electron chi connectivity index (χ3n) is 3.75. The lowest BCUT2D eigenvalue weighted by atomic mass is 9.90. The van der Waals surface area contributed by atoms with Gasteiger partial charge in [-0.3, -0.25) is 0 Å². The van der Waals surface area contributed by atoms with Crippen LogP contribution in [0.5, 0.6) is 0 Å². The molecule has 21 heavy (non-hydrogen) atoms. The molecule has 0 spiro atoms. The van der Waals surface area contributed by atoms with Gasteiger partial charge in [-0.1, -0.05) is 19.3 Å². The predicted octanol–water partition coefficient (Wildman–Crippen LogP) is 4.02. The van der Waals surface area contributed by atoms with Crippen molar-refractivity contribution >= 4 is 12.0 Å². The van der Waals surface area contributed by atoms with Gasteiger partial charge in [0.15, 0.2) is 0 Å². The predicted molar refractivity (Wildman–Crippen MR) is 79.3 cm³/mol. The second-order valence-electron chi connectivity index (χ2n) is 5.58. The Morgan fingerprint density at radius 3 is 2.76 bits per heavy atom. The Morgan fingerprint density at radius 1 is 1.29 bits per heavy atom. The van der Waals surface area contributed by atoms with Crippen LogP contribution >= 0.6 is 0 Å². The molecule has 1 saturated carbocycles. The van der Waals surface area contributed by atoms with E-state index >= 15 is 0 Å². The van der Waals surface area contributed by atoms with Crippen molar-refractivity contribution < 1.29 is 19.0 Å². The molecule has 0 atom stereocenters. The van der Waals surface area contributed by atoms with Gasteiger partial charge in [-0.05, 0) is 54.2 Å². The molecule has 0 heterocycles. The maximum Gasteiger partial charge on any atom is 0.328 e. The number of hydrogen-bond acceptors (Lipinski definition) is 2. The summed E-state index contributed by atoms with van der Waals surface area (Å²) in [7, 11) is 0. The zero-order chi connectivity index (χ0) is 15.1. The van der Waals surface area contributed by atoms with Gasteiger partial charge >= 0.3 is 5.97 Å². The fourth-order valence-corrected chi connectivity index (χ4v) is 2.72. The molecule has 0 amide bonds. The number of ether oxygens (including phenoxy) is 1. The van der Waals surface area contributed by atoms with Gasteiger partial charge in [0.1, 0.15) is 5.82 Å². The summed E-state index contributed by atoms with van der Waals surface area (Å²) in [4.78, 5) is 10.5. The van der Waals surface area contributed by atoms with Crippen LogP contribution in [0.25, 0.3) is 6.08 Å². The fourth-order valence-electron chi connectivity index (χ4n) is 2.72. The number of aliphatic carboxylic acids is 1. The molecule has 114 valence electrons. The number of carboxylic acids is 1. The highest BCUT2D eigenvalue weighted by atomic mass is 19.1. The van der Waals surface area contributed by atoms with E-state index in [1.807, 2.05) is 0 Å². The second kappa shape index (κ2) is 7.93. The van der Waals surface area contributed by atoms with E-state index in [0.29, 0.717) is 18.1 Å². The Balaban J connectivity index is 1.88. The Labute approximate surface area is 124 Å². The van der Waals surface area contributed by atoms with Crippen molar-refractivity contribution in [2.75, 3.05) is 6.61 Å². The van der Waals surface area contributed by atoms with Gasteiger partial charge in [0, 0.05) is 12.7 Å². The quantitative estimate of drug-likeness (QED) is 0.805. The molecular formula is C17H21FO3. The standard InChI is InChI=1S/C17H21FO3/c18-16-9-14(6-7-17(19)20)8-15(10-16)12-21-11-13-4-2-1-3-5-13/h6-10,13H,1-5,11-12H2,(H,19,20). The minimum absolute atomic E-state index is 0.363. The number of hydrogen-bond donors (Lipinski definition) is 1. The summed E-state index contributed by atoms with van der Waals surface area (Å²) in [6, 6.07) is 4.49. The monoisotopic (exact) mass is 292 g/mol. The Hall–Kier alpha value is -1.68. The van der Waals surface area contributed by atoms with Crippen molar-refractivity contribution in [1.82, 2.24) is 0 Å². The minimum Gasteiger partial charge on any atom is -0.478 e. The van der Waals surface area contributed by atoms with Gasteiger partial charge < -0.3 is 9.84 Å². The summed E-state index contributed by atoms with van der Waals surface area (Å²) in [5.74, 6) is -0.799. The third kappa shape index (κ3) is 5.68. The smallest absolute Gasteiger partial charge is 0.328 e. The molecule has 0 aromatic heterocycles. The lowest BCUT2D eigenvalue weighted by Crippen LogP contribution is -2.13. The summed E-state index contributed by atoms with van der Waals surface area (Å²) >= 11 is 0. The highest BCUT2D eigenvalue weighted by Crippen LogP contribution is 2.24. The first-order chi connectivity index (χ1) is 10.1. The lowest BCUT2D eigenvalue weighted by molar-refractivity contribution is -0.131. The first kappa shape index (κ1) is 15.7. The number of rotatable bonds is 6. The average molecular weight is 292 g/mol. The van der Waals surface area contributed by atoms with Crippen LogP contribution in [0.15, 0.2) is 24.3 Å². The Morgan fingerprint density at radius 2 is 2.05 bits per heavy atom. The zero-order valence-electron chi connectivity index (χ0n) is 12.1. The van der Waals surface area contributed by atoms with Gasteiger partial charge in [-0.2, -0.15) is 0 Å². The minimum atomic E-state index is -1.05. The molecular weight excluding hydrogens is 271 g/mol. The molecule has 4 heteroatoms. The van der Waals surface area contributed by atoms with E-state index in [0.717, 1.165) is 18.2 Å². The van der Waals surface area contributed by atoms with E-state index in [2.05, 4.69) is 0 Å². The summed E-state index contributed by atoms with van der Waals surface area (Å²) < 4.78 is 19.2. The summed E-state index contributed by atoms with van der Waals surface area (Å²) in [5, 5.41) is 8.59. The van der Waals surface area contributed by atoms with Gasteiger partial charge in [0.2, 0.25) is 0 Å². The number of benzene rings is 1. The molecule has 1 N–H and O–H groups in total. The molecule has 1 aliphatic carbocycles. The average Bonchev–Trinajstić information content (AvgIpc) is 2.46. The van der Waals surface area contributed by atoms with Crippen LogP contribution in [0.1, 0.15) is 43.2 Å². The first-order valence-electron chi connectivity index (χ1n) is 7.42. The first-order valence-corrected chi connectivity index (χ1v) is 7.42. The molecule has 1 aliphatic rings. The van der Waals surface area contributed by atoms with Crippen molar-refractivity contribution in [3.63, 3.8) is 0 Å². The van der Waals surface area contributed by atoms with Crippen molar-refractivity contribution in [3.8, 4) is 0 Å². The second-order valence-corrected chi connectivity index (χ2v) is 5.58. The van der Waals surface area contributed by atoms with Crippen molar-refractivity contribution in [2.24, 2.45) is 5.92 Å². The molecule has 1 aromatic rings. The van der Waals surface area contributed by atoms with Crippen LogP contribution in [0.2, 0.25) is 0 Å². The topological polar surface area (TPSA) is 46.5 Å². The SMILES string of the molecule is O=C(O)C=Cc1cc(F)cc(COCC2CCCCC2)c1. The van der Waals surface area contributed by atoms with Gasteiger partial charge in [0.05, 0.1) is 6.61 Å². The maximum absolute atomic E-state index is 13.5. The van der Waals surface area contributed by atoms with E-state index in [9.17, 15) is 9.18 Å².